The van der Waals surface area contributed by atoms with Gasteiger partial charge in [0.1, 0.15) is 11.8 Å². The number of benzene rings is 3. The Labute approximate surface area is 246 Å². The van der Waals surface area contributed by atoms with Crippen molar-refractivity contribution in [3.8, 4) is 5.75 Å². The quantitative estimate of drug-likeness (QED) is 0.304. The minimum atomic E-state index is -0.930. The van der Waals surface area contributed by atoms with Crippen molar-refractivity contribution in [2.24, 2.45) is 0 Å². The number of piperazine rings is 1. The Hall–Kier alpha value is -4.63. The van der Waals surface area contributed by atoms with Crippen LogP contribution >= 0.6 is 0 Å². The third kappa shape index (κ3) is 6.80. The van der Waals surface area contributed by atoms with Gasteiger partial charge in [-0.25, -0.2) is 0 Å². The zero-order valence-corrected chi connectivity index (χ0v) is 24.1. The lowest BCUT2D eigenvalue weighted by molar-refractivity contribution is -0.147. The smallest absolute Gasteiger partial charge is 0.252 e. The molecule has 5 rings (SSSR count). The molecule has 1 aliphatic heterocycles. The molecule has 218 valence electrons. The molecule has 4 aromatic rings. The van der Waals surface area contributed by atoms with Gasteiger partial charge in [0.05, 0.1) is 20.2 Å². The van der Waals surface area contributed by atoms with E-state index in [0.717, 1.165) is 42.6 Å². The first kappa shape index (κ1) is 28.9. The second kappa shape index (κ2) is 13.4. The fourth-order valence-electron chi connectivity index (χ4n) is 5.50. The van der Waals surface area contributed by atoms with Crippen LogP contribution in [0.5, 0.6) is 5.75 Å². The summed E-state index contributed by atoms with van der Waals surface area (Å²) in [5.74, 6) is -0.521. The molecule has 1 unspecified atom stereocenters. The summed E-state index contributed by atoms with van der Waals surface area (Å²) < 4.78 is 5.45. The number of nitrogens with zero attached hydrogens (tertiary/aromatic N) is 3. The maximum Gasteiger partial charge on any atom is 0.252 e. The number of amides is 3. The first-order chi connectivity index (χ1) is 20.4. The highest BCUT2D eigenvalue weighted by Gasteiger charge is 2.31. The number of imide groups is 1. The standard InChI is InChI=1S/C33H37N5O4/c1-24(39)38(22-25-10-6-9-15-31(25)42-2)33(41)30(20-26-21-34-29-14-8-7-13-28(26)29)35-32(40)23-36-16-18-37(19-17-36)27-11-4-3-5-12-27/h3-15,21,30,34H,16-20,22-23H2,1-2H3,(H,35,40). The number of para-hydroxylation sites is 3. The van der Waals surface area contributed by atoms with E-state index in [9.17, 15) is 14.4 Å². The second-order valence-corrected chi connectivity index (χ2v) is 10.5. The van der Waals surface area contributed by atoms with Gasteiger partial charge in [0.2, 0.25) is 11.8 Å². The molecule has 1 atom stereocenters. The van der Waals surface area contributed by atoms with Gasteiger partial charge in [-0.1, -0.05) is 54.6 Å². The molecular weight excluding hydrogens is 530 g/mol. The number of hydrogen-bond acceptors (Lipinski definition) is 6. The zero-order valence-electron chi connectivity index (χ0n) is 24.1. The van der Waals surface area contributed by atoms with Crippen molar-refractivity contribution >= 4 is 34.3 Å². The fraction of sp³-hybridized carbons (Fsp3) is 0.303. The largest absolute Gasteiger partial charge is 0.496 e. The van der Waals surface area contributed by atoms with Gasteiger partial charge in [-0.2, -0.15) is 0 Å². The lowest BCUT2D eigenvalue weighted by Crippen LogP contribution is -2.54. The molecule has 9 heteroatoms. The maximum absolute atomic E-state index is 14.0. The number of rotatable bonds is 10. The van der Waals surface area contributed by atoms with Crippen molar-refractivity contribution in [1.29, 1.82) is 0 Å². The van der Waals surface area contributed by atoms with E-state index in [1.807, 2.05) is 66.9 Å². The first-order valence-electron chi connectivity index (χ1n) is 14.2. The number of ether oxygens (including phenoxy) is 1. The van der Waals surface area contributed by atoms with Gasteiger partial charge < -0.3 is 19.9 Å². The number of aromatic amines is 1. The van der Waals surface area contributed by atoms with Crippen molar-refractivity contribution < 1.29 is 19.1 Å². The second-order valence-electron chi connectivity index (χ2n) is 10.5. The van der Waals surface area contributed by atoms with E-state index < -0.39 is 17.9 Å². The van der Waals surface area contributed by atoms with Crippen LogP contribution in [0.4, 0.5) is 5.69 Å². The molecule has 9 nitrogen and oxygen atoms in total. The van der Waals surface area contributed by atoms with Gasteiger partial charge in [0.25, 0.3) is 5.91 Å². The molecule has 1 fully saturated rings. The van der Waals surface area contributed by atoms with E-state index in [2.05, 4.69) is 32.2 Å². The molecule has 42 heavy (non-hydrogen) atoms. The molecule has 3 amide bonds. The number of aromatic nitrogens is 1. The van der Waals surface area contributed by atoms with Crippen molar-refractivity contribution in [3.05, 3.63) is 96.2 Å². The molecule has 1 saturated heterocycles. The lowest BCUT2D eigenvalue weighted by Gasteiger charge is -2.36. The number of carbonyl (C=O) groups excluding carboxylic acids is 3. The molecule has 2 N–H and O–H groups in total. The summed E-state index contributed by atoms with van der Waals surface area (Å²) in [6.45, 7) is 4.67. The van der Waals surface area contributed by atoms with Gasteiger partial charge in [-0.15, -0.1) is 0 Å². The van der Waals surface area contributed by atoms with Gasteiger partial charge in [0.15, 0.2) is 0 Å². The van der Waals surface area contributed by atoms with Crippen LogP contribution in [0.25, 0.3) is 10.9 Å². The minimum absolute atomic E-state index is 0.0415. The molecule has 0 radical (unpaired) electrons. The number of fused-ring (bicyclic) bond motifs is 1. The van der Waals surface area contributed by atoms with Crippen LogP contribution in [0.1, 0.15) is 18.1 Å². The summed E-state index contributed by atoms with van der Waals surface area (Å²) in [7, 11) is 1.55. The third-order valence-corrected chi connectivity index (χ3v) is 7.76. The summed E-state index contributed by atoms with van der Waals surface area (Å²) in [5, 5.41) is 3.95. The minimum Gasteiger partial charge on any atom is -0.496 e. The Morgan fingerprint density at radius 2 is 1.60 bits per heavy atom. The Balaban J connectivity index is 1.32. The van der Waals surface area contributed by atoms with Crippen LogP contribution in [0, 0.1) is 0 Å². The van der Waals surface area contributed by atoms with E-state index in [1.165, 1.54) is 17.5 Å². The van der Waals surface area contributed by atoms with Crippen LogP contribution in [-0.2, 0) is 27.3 Å². The number of methoxy groups -OCH3 is 1. The topological polar surface area (TPSA) is 98.0 Å². The Kier molecular flexibility index (Phi) is 9.18. The van der Waals surface area contributed by atoms with Gasteiger partial charge in [-0.3, -0.25) is 24.2 Å². The van der Waals surface area contributed by atoms with Gasteiger partial charge >= 0.3 is 0 Å². The van der Waals surface area contributed by atoms with Crippen LogP contribution in [0.3, 0.4) is 0 Å². The molecular formula is C33H37N5O4. The average molecular weight is 568 g/mol. The summed E-state index contributed by atoms with van der Waals surface area (Å²) in [4.78, 5) is 49.0. The molecule has 1 aliphatic rings. The summed E-state index contributed by atoms with van der Waals surface area (Å²) in [6, 6.07) is 24.4. The third-order valence-electron chi connectivity index (χ3n) is 7.76. The number of anilines is 1. The normalized spacial score (nSPS) is 14.4. The average Bonchev–Trinajstić information content (AvgIpc) is 3.42. The molecule has 0 aliphatic carbocycles. The summed E-state index contributed by atoms with van der Waals surface area (Å²) in [5.41, 5.74) is 3.71. The molecule has 0 bridgehead atoms. The van der Waals surface area contributed by atoms with Gasteiger partial charge in [0, 0.05) is 67.9 Å². The van der Waals surface area contributed by atoms with Crippen LogP contribution in [0.15, 0.2) is 85.1 Å². The number of H-pyrrole nitrogens is 1. The van der Waals surface area contributed by atoms with Crippen LogP contribution < -0.4 is 15.0 Å². The molecule has 1 aromatic heterocycles. The lowest BCUT2D eigenvalue weighted by atomic mass is 10.0. The fourth-order valence-corrected chi connectivity index (χ4v) is 5.50. The summed E-state index contributed by atoms with van der Waals surface area (Å²) >= 11 is 0. The predicted octanol–water partition coefficient (Wildman–Crippen LogP) is 3.60. The van der Waals surface area contributed by atoms with E-state index in [4.69, 9.17) is 4.74 Å². The van der Waals surface area contributed by atoms with Crippen molar-refractivity contribution in [2.45, 2.75) is 25.9 Å². The Bertz CT molecular complexity index is 1530. The number of hydrogen-bond donors (Lipinski definition) is 2. The van der Waals surface area contributed by atoms with Crippen molar-refractivity contribution in [2.75, 3.05) is 44.7 Å². The first-order valence-corrected chi connectivity index (χ1v) is 14.2. The molecule has 2 heterocycles. The Morgan fingerprint density at radius 1 is 0.905 bits per heavy atom. The predicted molar refractivity (Wildman–Crippen MR) is 163 cm³/mol. The molecule has 3 aromatic carbocycles. The maximum atomic E-state index is 14.0. The van der Waals surface area contributed by atoms with E-state index in [-0.39, 0.29) is 25.4 Å². The molecule has 0 saturated carbocycles. The van der Waals surface area contributed by atoms with E-state index in [1.54, 1.807) is 13.2 Å². The number of nitrogens with one attached hydrogen (secondary N) is 2. The monoisotopic (exact) mass is 567 g/mol. The number of carbonyl (C=O) groups is 3. The van der Waals surface area contributed by atoms with Crippen molar-refractivity contribution in [3.63, 3.8) is 0 Å². The SMILES string of the molecule is COc1ccccc1CN(C(C)=O)C(=O)C(Cc1c[nH]c2ccccc12)NC(=O)CN1CCN(c2ccccc2)CC1. The van der Waals surface area contributed by atoms with Gasteiger partial charge in [-0.05, 0) is 29.8 Å². The Morgan fingerprint density at radius 3 is 2.33 bits per heavy atom. The highest BCUT2D eigenvalue weighted by atomic mass is 16.5. The highest BCUT2D eigenvalue weighted by Crippen LogP contribution is 2.23. The summed E-state index contributed by atoms with van der Waals surface area (Å²) in [6.07, 6.45) is 2.10. The highest BCUT2D eigenvalue weighted by molar-refractivity contribution is 5.99. The van der Waals surface area contributed by atoms with E-state index >= 15 is 0 Å². The van der Waals surface area contributed by atoms with E-state index in [0.29, 0.717) is 11.3 Å². The zero-order chi connectivity index (χ0) is 29.5. The van der Waals surface area contributed by atoms with Crippen molar-refractivity contribution in [1.82, 2.24) is 20.1 Å². The van der Waals surface area contributed by atoms with Crippen LogP contribution in [0.2, 0.25) is 0 Å². The van der Waals surface area contributed by atoms with Crippen LogP contribution in [-0.4, -0.2) is 78.4 Å². The molecule has 0 spiro atoms.